The Hall–Kier alpha value is -2.08. The standard InChI is InChI=1S/C18H24N4O2/c1-21-18(19-12-20-21)11-22(15-5-3-2-4-6-15)10-14-7-8-16-17(9-14)24-13-23-16/h7-9,12,15H,2-6,10-11,13H2,1H3. The molecule has 0 amide bonds. The first kappa shape index (κ1) is 15.4. The van der Waals surface area contributed by atoms with Crippen LogP contribution in [0.4, 0.5) is 0 Å². The minimum atomic E-state index is 0.323. The third kappa shape index (κ3) is 3.24. The van der Waals surface area contributed by atoms with E-state index in [0.29, 0.717) is 12.8 Å². The quantitative estimate of drug-likeness (QED) is 0.845. The molecule has 1 aliphatic heterocycles. The molecule has 1 saturated carbocycles. The minimum absolute atomic E-state index is 0.323. The number of nitrogens with zero attached hydrogens (tertiary/aromatic N) is 4. The van der Waals surface area contributed by atoms with Gasteiger partial charge in [0, 0.05) is 19.6 Å². The fraction of sp³-hybridized carbons (Fsp3) is 0.556. The summed E-state index contributed by atoms with van der Waals surface area (Å²) in [5, 5.41) is 4.21. The minimum Gasteiger partial charge on any atom is -0.454 e. The lowest BCUT2D eigenvalue weighted by atomic mass is 9.93. The Bertz CT molecular complexity index is 694. The first-order valence-corrected chi connectivity index (χ1v) is 8.75. The third-order valence-electron chi connectivity index (χ3n) is 5.06. The van der Waals surface area contributed by atoms with E-state index in [-0.39, 0.29) is 0 Å². The maximum Gasteiger partial charge on any atom is 0.231 e. The molecule has 128 valence electrons. The van der Waals surface area contributed by atoms with Gasteiger partial charge in [0.25, 0.3) is 0 Å². The van der Waals surface area contributed by atoms with Crippen molar-refractivity contribution in [3.63, 3.8) is 0 Å². The van der Waals surface area contributed by atoms with E-state index in [4.69, 9.17) is 9.47 Å². The predicted octanol–water partition coefficient (Wildman–Crippen LogP) is 2.88. The first-order chi connectivity index (χ1) is 11.8. The van der Waals surface area contributed by atoms with Gasteiger partial charge in [-0.1, -0.05) is 25.3 Å². The monoisotopic (exact) mass is 328 g/mol. The van der Waals surface area contributed by atoms with Crippen molar-refractivity contribution in [2.75, 3.05) is 6.79 Å². The summed E-state index contributed by atoms with van der Waals surface area (Å²) in [6.45, 7) is 2.05. The molecule has 1 aromatic heterocycles. The molecule has 0 saturated heterocycles. The molecule has 4 rings (SSSR count). The highest BCUT2D eigenvalue weighted by Crippen LogP contribution is 2.33. The van der Waals surface area contributed by atoms with Crippen LogP contribution in [-0.4, -0.2) is 32.5 Å². The van der Waals surface area contributed by atoms with Crippen LogP contribution in [0.25, 0.3) is 0 Å². The lowest BCUT2D eigenvalue weighted by Gasteiger charge is -2.34. The first-order valence-electron chi connectivity index (χ1n) is 8.75. The number of fused-ring (bicyclic) bond motifs is 1. The number of hydrogen-bond donors (Lipinski definition) is 0. The summed E-state index contributed by atoms with van der Waals surface area (Å²) in [6.07, 6.45) is 8.17. The largest absolute Gasteiger partial charge is 0.454 e. The molecule has 1 aliphatic carbocycles. The molecule has 1 aromatic carbocycles. The summed E-state index contributed by atoms with van der Waals surface area (Å²) in [7, 11) is 1.96. The molecule has 6 heteroatoms. The zero-order chi connectivity index (χ0) is 16.4. The van der Waals surface area contributed by atoms with Crippen molar-refractivity contribution < 1.29 is 9.47 Å². The molecule has 0 radical (unpaired) electrons. The molecule has 1 fully saturated rings. The highest BCUT2D eigenvalue weighted by atomic mass is 16.7. The van der Waals surface area contributed by atoms with Gasteiger partial charge < -0.3 is 9.47 Å². The fourth-order valence-corrected chi connectivity index (χ4v) is 3.68. The van der Waals surface area contributed by atoms with E-state index in [1.54, 1.807) is 6.33 Å². The smallest absolute Gasteiger partial charge is 0.231 e. The van der Waals surface area contributed by atoms with Gasteiger partial charge in [-0.05, 0) is 30.5 Å². The van der Waals surface area contributed by atoms with E-state index < -0.39 is 0 Å². The number of rotatable bonds is 5. The third-order valence-corrected chi connectivity index (χ3v) is 5.06. The number of aromatic nitrogens is 3. The van der Waals surface area contributed by atoms with Gasteiger partial charge in [-0.25, -0.2) is 4.98 Å². The van der Waals surface area contributed by atoms with Gasteiger partial charge in [-0.2, -0.15) is 5.10 Å². The van der Waals surface area contributed by atoms with Crippen molar-refractivity contribution in [1.29, 1.82) is 0 Å². The summed E-state index contributed by atoms with van der Waals surface area (Å²) in [6, 6.07) is 6.87. The Labute approximate surface area is 142 Å². The van der Waals surface area contributed by atoms with Gasteiger partial charge >= 0.3 is 0 Å². The van der Waals surface area contributed by atoms with Crippen molar-refractivity contribution in [1.82, 2.24) is 19.7 Å². The van der Waals surface area contributed by atoms with E-state index in [1.807, 2.05) is 17.8 Å². The fourth-order valence-electron chi connectivity index (χ4n) is 3.68. The summed E-state index contributed by atoms with van der Waals surface area (Å²) in [5.74, 6) is 2.72. The molecule has 2 aromatic rings. The van der Waals surface area contributed by atoms with Gasteiger partial charge in [-0.15, -0.1) is 0 Å². The van der Waals surface area contributed by atoms with Crippen LogP contribution in [0, 0.1) is 0 Å². The zero-order valence-corrected chi connectivity index (χ0v) is 14.1. The number of benzene rings is 1. The highest BCUT2D eigenvalue weighted by Gasteiger charge is 2.23. The lowest BCUT2D eigenvalue weighted by Crippen LogP contribution is -2.36. The molecule has 0 N–H and O–H groups in total. The van der Waals surface area contributed by atoms with Crippen LogP contribution in [0.2, 0.25) is 0 Å². The molecule has 0 spiro atoms. The Morgan fingerprint density at radius 3 is 2.75 bits per heavy atom. The second kappa shape index (κ2) is 6.81. The van der Waals surface area contributed by atoms with Gasteiger partial charge in [-0.3, -0.25) is 9.58 Å². The zero-order valence-electron chi connectivity index (χ0n) is 14.1. The molecule has 2 aliphatic rings. The molecule has 24 heavy (non-hydrogen) atoms. The van der Waals surface area contributed by atoms with E-state index in [2.05, 4.69) is 27.1 Å². The summed E-state index contributed by atoms with van der Waals surface area (Å²) in [4.78, 5) is 6.96. The Kier molecular flexibility index (Phi) is 4.38. The normalized spacial score (nSPS) is 17.6. The van der Waals surface area contributed by atoms with Crippen LogP contribution < -0.4 is 9.47 Å². The predicted molar refractivity (Wildman–Crippen MR) is 89.7 cm³/mol. The van der Waals surface area contributed by atoms with Crippen LogP contribution >= 0.6 is 0 Å². The van der Waals surface area contributed by atoms with Crippen molar-refractivity contribution in [2.45, 2.75) is 51.2 Å². The van der Waals surface area contributed by atoms with E-state index in [9.17, 15) is 0 Å². The molecule has 0 atom stereocenters. The molecule has 2 heterocycles. The van der Waals surface area contributed by atoms with Crippen molar-refractivity contribution in [3.05, 3.63) is 35.9 Å². The van der Waals surface area contributed by atoms with Crippen LogP contribution in [0.3, 0.4) is 0 Å². The Morgan fingerprint density at radius 2 is 1.96 bits per heavy atom. The lowest BCUT2D eigenvalue weighted by molar-refractivity contribution is 0.134. The average molecular weight is 328 g/mol. The molecular formula is C18H24N4O2. The van der Waals surface area contributed by atoms with Gasteiger partial charge in [0.1, 0.15) is 12.2 Å². The Morgan fingerprint density at radius 1 is 1.12 bits per heavy atom. The Balaban J connectivity index is 1.54. The highest BCUT2D eigenvalue weighted by molar-refractivity contribution is 5.44. The second-order valence-electron chi connectivity index (χ2n) is 6.68. The van der Waals surface area contributed by atoms with Crippen LogP contribution in [-0.2, 0) is 20.1 Å². The van der Waals surface area contributed by atoms with Gasteiger partial charge in [0.15, 0.2) is 11.5 Å². The molecule has 0 unspecified atom stereocenters. The number of aryl methyl sites for hydroxylation is 1. The van der Waals surface area contributed by atoms with Crippen molar-refractivity contribution in [2.24, 2.45) is 7.05 Å². The topological polar surface area (TPSA) is 52.4 Å². The van der Waals surface area contributed by atoms with E-state index >= 15 is 0 Å². The van der Waals surface area contributed by atoms with E-state index in [1.165, 1.54) is 37.7 Å². The van der Waals surface area contributed by atoms with Crippen LogP contribution in [0.5, 0.6) is 11.5 Å². The van der Waals surface area contributed by atoms with Crippen molar-refractivity contribution in [3.8, 4) is 11.5 Å². The molecule has 0 bridgehead atoms. The van der Waals surface area contributed by atoms with Crippen molar-refractivity contribution >= 4 is 0 Å². The second-order valence-corrected chi connectivity index (χ2v) is 6.68. The van der Waals surface area contributed by atoms with E-state index in [0.717, 1.165) is 30.4 Å². The summed E-state index contributed by atoms with van der Waals surface area (Å²) < 4.78 is 12.8. The van der Waals surface area contributed by atoms with Crippen LogP contribution in [0.1, 0.15) is 43.5 Å². The molecule has 6 nitrogen and oxygen atoms in total. The molecular weight excluding hydrogens is 304 g/mol. The van der Waals surface area contributed by atoms with Crippen LogP contribution in [0.15, 0.2) is 24.5 Å². The number of ether oxygens (including phenoxy) is 2. The van der Waals surface area contributed by atoms with Gasteiger partial charge in [0.05, 0.1) is 6.54 Å². The maximum atomic E-state index is 5.52. The summed E-state index contributed by atoms with van der Waals surface area (Å²) >= 11 is 0. The SMILES string of the molecule is Cn1ncnc1CN(Cc1ccc2c(c1)OCO2)C1CCCCC1. The van der Waals surface area contributed by atoms with Gasteiger partial charge in [0.2, 0.25) is 6.79 Å². The average Bonchev–Trinajstić information content (AvgIpc) is 3.24. The maximum absolute atomic E-state index is 5.52. The number of hydrogen-bond acceptors (Lipinski definition) is 5. The summed E-state index contributed by atoms with van der Waals surface area (Å²) in [5.41, 5.74) is 1.26.